The molecular formula is C13H15F2NO2. The highest BCUT2D eigenvalue weighted by atomic mass is 19.3. The van der Waals surface area contributed by atoms with E-state index in [9.17, 15) is 13.6 Å². The minimum absolute atomic E-state index is 0.245. The third kappa shape index (κ3) is 3.04. The van der Waals surface area contributed by atoms with Gasteiger partial charge in [0.05, 0.1) is 6.42 Å². The Morgan fingerprint density at radius 1 is 1.39 bits per heavy atom. The number of hydrogen-bond acceptors (Lipinski definition) is 3. The zero-order valence-corrected chi connectivity index (χ0v) is 10.1. The lowest BCUT2D eigenvalue weighted by atomic mass is 10.1. The van der Waals surface area contributed by atoms with Gasteiger partial charge in [-0.15, -0.1) is 0 Å². The Balaban J connectivity index is 1.77. The van der Waals surface area contributed by atoms with Crippen LogP contribution in [0.25, 0.3) is 0 Å². The summed E-state index contributed by atoms with van der Waals surface area (Å²) >= 11 is 0. The van der Waals surface area contributed by atoms with Crippen LogP contribution in [0.4, 0.5) is 8.78 Å². The van der Waals surface area contributed by atoms with Gasteiger partial charge in [-0.1, -0.05) is 29.8 Å². The molecule has 2 rings (SSSR count). The lowest BCUT2D eigenvalue weighted by Crippen LogP contribution is -2.26. The molecule has 0 aliphatic carbocycles. The summed E-state index contributed by atoms with van der Waals surface area (Å²) in [6.07, 6.45) is -1.27. The summed E-state index contributed by atoms with van der Waals surface area (Å²) in [4.78, 5) is 10.8. The first-order chi connectivity index (χ1) is 8.47. The Labute approximate surface area is 104 Å². The molecular weight excluding hydrogens is 240 g/mol. The molecule has 1 aliphatic rings. The molecule has 1 atom stereocenters. The van der Waals surface area contributed by atoms with E-state index >= 15 is 0 Å². The number of halogens is 2. The third-order valence-electron chi connectivity index (χ3n) is 2.88. The first-order valence-corrected chi connectivity index (χ1v) is 5.82. The number of aryl methyl sites for hydroxylation is 1. The van der Waals surface area contributed by atoms with Crippen LogP contribution >= 0.6 is 0 Å². The van der Waals surface area contributed by atoms with Gasteiger partial charge in [-0.2, -0.15) is 8.78 Å². The molecule has 0 amide bonds. The first kappa shape index (κ1) is 13.0. The van der Waals surface area contributed by atoms with Crippen LogP contribution in [0.3, 0.4) is 0 Å². The summed E-state index contributed by atoms with van der Waals surface area (Å²) in [5, 5.41) is 3.01. The molecule has 1 heterocycles. The summed E-state index contributed by atoms with van der Waals surface area (Å²) in [6.45, 7) is 2.81. The third-order valence-corrected chi connectivity index (χ3v) is 2.88. The highest BCUT2D eigenvalue weighted by Gasteiger charge is 2.50. The minimum atomic E-state index is -3.32. The van der Waals surface area contributed by atoms with Crippen LogP contribution in [0.5, 0.6) is 0 Å². The molecule has 0 spiro atoms. The van der Waals surface area contributed by atoms with Crippen molar-refractivity contribution in [1.82, 2.24) is 5.32 Å². The highest BCUT2D eigenvalue weighted by Crippen LogP contribution is 2.30. The number of esters is 1. The maximum Gasteiger partial charge on any atom is 0.377 e. The monoisotopic (exact) mass is 255 g/mol. The van der Waals surface area contributed by atoms with E-state index in [1.807, 2.05) is 31.2 Å². The van der Waals surface area contributed by atoms with Gasteiger partial charge in [0.15, 0.2) is 0 Å². The molecule has 98 valence electrons. The fourth-order valence-electron chi connectivity index (χ4n) is 1.85. The van der Waals surface area contributed by atoms with E-state index in [1.54, 1.807) is 0 Å². The molecule has 1 saturated heterocycles. The standard InChI is InChI=1S/C13H15F2NO2/c1-9-2-4-10(5-3-9)7-16-8-11-6-13(14,15)12(17)18-11/h2-5,11,16H,6-8H2,1H3. The molecule has 1 aromatic rings. The summed E-state index contributed by atoms with van der Waals surface area (Å²) in [5.41, 5.74) is 2.24. The van der Waals surface area contributed by atoms with Crippen molar-refractivity contribution in [3.63, 3.8) is 0 Å². The molecule has 1 unspecified atom stereocenters. The van der Waals surface area contributed by atoms with Crippen molar-refractivity contribution in [3.8, 4) is 0 Å². The number of rotatable bonds is 4. The number of benzene rings is 1. The van der Waals surface area contributed by atoms with E-state index in [-0.39, 0.29) is 6.54 Å². The average molecular weight is 255 g/mol. The molecule has 18 heavy (non-hydrogen) atoms. The van der Waals surface area contributed by atoms with E-state index in [1.165, 1.54) is 5.56 Å². The minimum Gasteiger partial charge on any atom is -0.456 e. The van der Waals surface area contributed by atoms with Gasteiger partial charge >= 0.3 is 11.9 Å². The topological polar surface area (TPSA) is 38.3 Å². The quantitative estimate of drug-likeness (QED) is 0.837. The largest absolute Gasteiger partial charge is 0.456 e. The van der Waals surface area contributed by atoms with Crippen molar-refractivity contribution in [2.75, 3.05) is 6.54 Å². The fraction of sp³-hybridized carbons (Fsp3) is 0.462. The smallest absolute Gasteiger partial charge is 0.377 e. The lowest BCUT2D eigenvalue weighted by Gasteiger charge is -2.10. The Kier molecular flexibility index (Phi) is 3.61. The van der Waals surface area contributed by atoms with Gasteiger partial charge in [-0.3, -0.25) is 0 Å². The normalized spacial score (nSPS) is 21.9. The van der Waals surface area contributed by atoms with Crippen LogP contribution in [0.1, 0.15) is 17.5 Å². The Hall–Kier alpha value is -1.49. The van der Waals surface area contributed by atoms with Gasteiger partial charge in [-0.05, 0) is 12.5 Å². The Morgan fingerprint density at radius 2 is 2.06 bits per heavy atom. The number of cyclic esters (lactones) is 1. The van der Waals surface area contributed by atoms with Crippen molar-refractivity contribution in [1.29, 1.82) is 0 Å². The predicted molar refractivity (Wildman–Crippen MR) is 62.3 cm³/mol. The van der Waals surface area contributed by atoms with E-state index < -0.39 is 24.4 Å². The van der Waals surface area contributed by atoms with E-state index in [0.29, 0.717) is 6.54 Å². The number of carbonyl (C=O) groups is 1. The molecule has 1 aromatic carbocycles. The Bertz CT molecular complexity index is 431. The molecule has 1 N–H and O–H groups in total. The predicted octanol–water partition coefficient (Wildman–Crippen LogP) is 2.04. The first-order valence-electron chi connectivity index (χ1n) is 5.82. The number of ether oxygens (including phenoxy) is 1. The van der Waals surface area contributed by atoms with Crippen LogP contribution in [-0.2, 0) is 16.1 Å². The molecule has 1 fully saturated rings. The zero-order chi connectivity index (χ0) is 13.2. The van der Waals surface area contributed by atoms with Crippen LogP contribution < -0.4 is 5.32 Å². The number of nitrogens with one attached hydrogen (secondary N) is 1. The van der Waals surface area contributed by atoms with Crippen molar-refractivity contribution >= 4 is 5.97 Å². The van der Waals surface area contributed by atoms with Gasteiger partial charge in [0.1, 0.15) is 6.10 Å². The van der Waals surface area contributed by atoms with Crippen LogP contribution in [-0.4, -0.2) is 24.5 Å². The molecule has 0 saturated carbocycles. The molecule has 1 aliphatic heterocycles. The maximum absolute atomic E-state index is 12.9. The highest BCUT2D eigenvalue weighted by molar-refractivity contribution is 5.79. The number of alkyl halides is 2. The molecule has 5 heteroatoms. The van der Waals surface area contributed by atoms with E-state index in [4.69, 9.17) is 0 Å². The fourth-order valence-corrected chi connectivity index (χ4v) is 1.85. The molecule has 0 aromatic heterocycles. The molecule has 0 bridgehead atoms. The van der Waals surface area contributed by atoms with Gasteiger partial charge in [0.2, 0.25) is 0 Å². The van der Waals surface area contributed by atoms with Gasteiger partial charge in [0.25, 0.3) is 0 Å². The van der Waals surface area contributed by atoms with Crippen molar-refractivity contribution < 1.29 is 18.3 Å². The van der Waals surface area contributed by atoms with Gasteiger partial charge < -0.3 is 10.1 Å². The van der Waals surface area contributed by atoms with Crippen molar-refractivity contribution in [2.45, 2.75) is 31.9 Å². The summed E-state index contributed by atoms with van der Waals surface area (Å²) in [7, 11) is 0. The summed E-state index contributed by atoms with van der Waals surface area (Å²) in [5.74, 6) is -4.74. The van der Waals surface area contributed by atoms with Crippen molar-refractivity contribution in [2.24, 2.45) is 0 Å². The number of carbonyl (C=O) groups excluding carboxylic acids is 1. The van der Waals surface area contributed by atoms with E-state index in [0.717, 1.165) is 5.56 Å². The lowest BCUT2D eigenvalue weighted by molar-refractivity contribution is -0.159. The van der Waals surface area contributed by atoms with Gasteiger partial charge in [0, 0.05) is 13.1 Å². The van der Waals surface area contributed by atoms with Crippen LogP contribution in [0, 0.1) is 6.92 Å². The second kappa shape index (κ2) is 5.02. The second-order valence-corrected chi connectivity index (χ2v) is 4.55. The van der Waals surface area contributed by atoms with Crippen LogP contribution in [0.15, 0.2) is 24.3 Å². The molecule has 0 radical (unpaired) electrons. The van der Waals surface area contributed by atoms with E-state index in [2.05, 4.69) is 10.1 Å². The summed E-state index contributed by atoms with van der Waals surface area (Å²) in [6, 6.07) is 7.91. The molecule has 3 nitrogen and oxygen atoms in total. The Morgan fingerprint density at radius 3 is 2.61 bits per heavy atom. The zero-order valence-electron chi connectivity index (χ0n) is 10.1. The summed E-state index contributed by atoms with van der Waals surface area (Å²) < 4.78 is 30.3. The number of hydrogen-bond donors (Lipinski definition) is 1. The van der Waals surface area contributed by atoms with Crippen LogP contribution in [0.2, 0.25) is 0 Å². The second-order valence-electron chi connectivity index (χ2n) is 4.55. The van der Waals surface area contributed by atoms with Gasteiger partial charge in [-0.25, -0.2) is 4.79 Å². The van der Waals surface area contributed by atoms with Crippen molar-refractivity contribution in [3.05, 3.63) is 35.4 Å². The SMILES string of the molecule is Cc1ccc(CNCC2CC(F)(F)C(=O)O2)cc1. The average Bonchev–Trinajstić information content (AvgIpc) is 2.56. The maximum atomic E-state index is 12.9.